The third kappa shape index (κ3) is 5.17. The number of rotatable bonds is 9. The Balaban J connectivity index is 2.29. The van der Waals surface area contributed by atoms with Crippen molar-refractivity contribution < 1.29 is 15.3 Å². The SMILES string of the molecule is CCCCCCCCN[C@@H]1C=C(CC)C(O)[C@H](O)C1O. The van der Waals surface area contributed by atoms with Crippen LogP contribution in [0.25, 0.3) is 0 Å². The molecule has 4 atom stereocenters. The summed E-state index contributed by atoms with van der Waals surface area (Å²) in [5.41, 5.74) is 0.809. The summed E-state index contributed by atoms with van der Waals surface area (Å²) in [6.07, 6.45) is 7.04. The van der Waals surface area contributed by atoms with E-state index in [-0.39, 0.29) is 6.04 Å². The highest BCUT2D eigenvalue weighted by molar-refractivity contribution is 5.20. The normalized spacial score (nSPS) is 30.4. The van der Waals surface area contributed by atoms with Crippen LogP contribution in [0.2, 0.25) is 0 Å². The van der Waals surface area contributed by atoms with Gasteiger partial charge in [0.25, 0.3) is 0 Å². The molecule has 20 heavy (non-hydrogen) atoms. The maximum absolute atomic E-state index is 9.98. The fourth-order valence-corrected chi connectivity index (χ4v) is 2.73. The van der Waals surface area contributed by atoms with Crippen molar-refractivity contribution in [2.24, 2.45) is 0 Å². The van der Waals surface area contributed by atoms with E-state index in [1.54, 1.807) is 0 Å². The number of hydrogen-bond donors (Lipinski definition) is 4. The first-order valence-electron chi connectivity index (χ1n) is 8.10. The van der Waals surface area contributed by atoms with Gasteiger partial charge in [-0.1, -0.05) is 52.0 Å². The molecule has 0 aromatic rings. The lowest BCUT2D eigenvalue weighted by Crippen LogP contribution is -2.53. The number of hydrogen-bond acceptors (Lipinski definition) is 4. The predicted molar refractivity (Wildman–Crippen MR) is 81.6 cm³/mol. The average Bonchev–Trinajstić information content (AvgIpc) is 2.46. The Labute approximate surface area is 122 Å². The van der Waals surface area contributed by atoms with Crippen molar-refractivity contribution in [2.75, 3.05) is 6.54 Å². The van der Waals surface area contributed by atoms with Gasteiger partial charge >= 0.3 is 0 Å². The van der Waals surface area contributed by atoms with Crippen LogP contribution in [0.5, 0.6) is 0 Å². The van der Waals surface area contributed by atoms with Crippen LogP contribution in [0.3, 0.4) is 0 Å². The highest BCUT2D eigenvalue weighted by Gasteiger charge is 2.36. The van der Waals surface area contributed by atoms with Gasteiger partial charge < -0.3 is 20.6 Å². The minimum atomic E-state index is -1.09. The first-order valence-corrected chi connectivity index (χ1v) is 8.10. The standard InChI is InChI=1S/C16H31NO3/c1-3-5-6-7-8-9-10-17-13-11-12(4-2)14(18)16(20)15(13)19/h11,13-20H,3-10H2,1-2H3/t13-,14?,15?,16+/m1/s1. The molecule has 0 saturated heterocycles. The van der Waals surface area contributed by atoms with Crippen molar-refractivity contribution in [3.63, 3.8) is 0 Å². The molecule has 118 valence electrons. The largest absolute Gasteiger partial charge is 0.388 e. The highest BCUT2D eigenvalue weighted by Crippen LogP contribution is 2.22. The van der Waals surface area contributed by atoms with Crippen LogP contribution < -0.4 is 5.32 Å². The Morgan fingerprint density at radius 1 is 0.950 bits per heavy atom. The molecule has 1 rings (SSSR count). The molecule has 0 amide bonds. The molecule has 1 aliphatic carbocycles. The van der Waals surface area contributed by atoms with E-state index in [1.807, 2.05) is 13.0 Å². The van der Waals surface area contributed by atoms with Crippen molar-refractivity contribution >= 4 is 0 Å². The van der Waals surface area contributed by atoms with Crippen molar-refractivity contribution in [1.82, 2.24) is 5.32 Å². The lowest BCUT2D eigenvalue weighted by atomic mass is 9.87. The van der Waals surface area contributed by atoms with Crippen LogP contribution in [0.1, 0.15) is 58.8 Å². The maximum Gasteiger partial charge on any atom is 0.111 e. The van der Waals surface area contributed by atoms with Crippen molar-refractivity contribution in [3.8, 4) is 0 Å². The Kier molecular flexibility index (Phi) is 8.38. The maximum atomic E-state index is 9.98. The van der Waals surface area contributed by atoms with Crippen molar-refractivity contribution in [2.45, 2.75) is 83.1 Å². The summed E-state index contributed by atoms with van der Waals surface area (Å²) < 4.78 is 0. The summed E-state index contributed by atoms with van der Waals surface area (Å²) >= 11 is 0. The van der Waals surface area contributed by atoms with Crippen LogP contribution in [0, 0.1) is 0 Å². The summed E-state index contributed by atoms with van der Waals surface area (Å²) in [4.78, 5) is 0. The number of nitrogens with one attached hydrogen (secondary N) is 1. The van der Waals surface area contributed by atoms with Gasteiger partial charge in [-0.2, -0.15) is 0 Å². The Morgan fingerprint density at radius 3 is 2.25 bits per heavy atom. The summed E-state index contributed by atoms with van der Waals surface area (Å²) in [7, 11) is 0. The summed E-state index contributed by atoms with van der Waals surface area (Å²) in [5, 5.41) is 32.9. The smallest absolute Gasteiger partial charge is 0.111 e. The van der Waals surface area contributed by atoms with Crippen molar-refractivity contribution in [3.05, 3.63) is 11.6 Å². The van der Waals surface area contributed by atoms with Crippen LogP contribution in [0.4, 0.5) is 0 Å². The third-order valence-electron chi connectivity index (χ3n) is 4.13. The van der Waals surface area contributed by atoms with E-state index >= 15 is 0 Å². The first kappa shape index (κ1) is 17.6. The Bertz CT molecular complexity index is 293. The molecule has 0 spiro atoms. The van der Waals surface area contributed by atoms with Gasteiger partial charge in [-0.05, 0) is 25.0 Å². The molecule has 0 heterocycles. The van der Waals surface area contributed by atoms with E-state index in [0.29, 0.717) is 6.42 Å². The van der Waals surface area contributed by atoms with Gasteiger partial charge in [0.15, 0.2) is 0 Å². The molecule has 4 nitrogen and oxygen atoms in total. The molecular formula is C16H31NO3. The molecule has 0 saturated carbocycles. The average molecular weight is 285 g/mol. The van der Waals surface area contributed by atoms with Gasteiger partial charge in [0, 0.05) is 0 Å². The molecule has 0 radical (unpaired) electrons. The van der Waals surface area contributed by atoms with Gasteiger partial charge in [-0.3, -0.25) is 0 Å². The van der Waals surface area contributed by atoms with Crippen LogP contribution >= 0.6 is 0 Å². The minimum Gasteiger partial charge on any atom is -0.388 e. The van der Waals surface area contributed by atoms with Crippen LogP contribution in [0.15, 0.2) is 11.6 Å². The molecule has 1 aliphatic rings. The monoisotopic (exact) mass is 285 g/mol. The second-order valence-electron chi connectivity index (χ2n) is 5.77. The second kappa shape index (κ2) is 9.50. The third-order valence-corrected chi connectivity index (χ3v) is 4.13. The predicted octanol–water partition coefficient (Wildman–Crippen LogP) is 1.74. The zero-order valence-corrected chi connectivity index (χ0v) is 12.9. The minimum absolute atomic E-state index is 0.251. The summed E-state index contributed by atoms with van der Waals surface area (Å²) in [6.45, 7) is 5.00. The fourth-order valence-electron chi connectivity index (χ4n) is 2.73. The lowest BCUT2D eigenvalue weighted by molar-refractivity contribution is -0.0621. The van der Waals surface area contributed by atoms with E-state index in [9.17, 15) is 15.3 Å². The summed E-state index contributed by atoms with van der Waals surface area (Å²) in [6, 6.07) is -0.251. The molecule has 0 bridgehead atoms. The van der Waals surface area contributed by atoms with Gasteiger partial charge in [-0.25, -0.2) is 0 Å². The molecule has 4 N–H and O–H groups in total. The van der Waals surface area contributed by atoms with E-state index < -0.39 is 18.3 Å². The van der Waals surface area contributed by atoms with Gasteiger partial charge in [-0.15, -0.1) is 0 Å². The number of aliphatic hydroxyl groups excluding tert-OH is 3. The fraction of sp³-hybridized carbons (Fsp3) is 0.875. The zero-order chi connectivity index (χ0) is 15.0. The Morgan fingerprint density at radius 2 is 1.60 bits per heavy atom. The van der Waals surface area contributed by atoms with E-state index in [1.165, 1.54) is 32.1 Å². The van der Waals surface area contributed by atoms with Gasteiger partial charge in [0.05, 0.1) is 6.04 Å². The van der Waals surface area contributed by atoms with Gasteiger partial charge in [0.2, 0.25) is 0 Å². The van der Waals surface area contributed by atoms with Crippen molar-refractivity contribution in [1.29, 1.82) is 0 Å². The number of aliphatic hydroxyl groups is 3. The van der Waals surface area contributed by atoms with Crippen LogP contribution in [-0.2, 0) is 0 Å². The Hall–Kier alpha value is -0.420. The summed E-state index contributed by atoms with van der Waals surface area (Å²) in [5.74, 6) is 0. The van der Waals surface area contributed by atoms with E-state index in [4.69, 9.17) is 0 Å². The van der Waals surface area contributed by atoms with E-state index in [0.717, 1.165) is 18.5 Å². The lowest BCUT2D eigenvalue weighted by Gasteiger charge is -2.35. The topological polar surface area (TPSA) is 72.7 Å². The molecule has 0 aliphatic heterocycles. The molecule has 0 aromatic carbocycles. The quantitative estimate of drug-likeness (QED) is 0.385. The van der Waals surface area contributed by atoms with Gasteiger partial charge in [0.1, 0.15) is 18.3 Å². The van der Waals surface area contributed by atoms with Crippen LogP contribution in [-0.4, -0.2) is 46.2 Å². The zero-order valence-electron chi connectivity index (χ0n) is 12.9. The van der Waals surface area contributed by atoms with E-state index in [2.05, 4.69) is 12.2 Å². The second-order valence-corrected chi connectivity index (χ2v) is 5.77. The molecular weight excluding hydrogens is 254 g/mol. The highest BCUT2D eigenvalue weighted by atomic mass is 16.4. The number of unbranched alkanes of at least 4 members (excludes halogenated alkanes) is 5. The molecule has 4 heteroatoms. The molecule has 2 unspecified atom stereocenters. The first-order chi connectivity index (χ1) is 9.61. The molecule has 0 aromatic heterocycles. The molecule has 0 fully saturated rings.